The molecule has 0 aromatic heterocycles. The number of carbonyl (C=O) groups excluding carboxylic acids is 1. The third kappa shape index (κ3) is 3.74. The zero-order valence-electron chi connectivity index (χ0n) is 13.4. The first-order chi connectivity index (χ1) is 11.6. The Kier molecular flexibility index (Phi) is 5.11. The van der Waals surface area contributed by atoms with Crippen LogP contribution >= 0.6 is 23.4 Å². The van der Waals surface area contributed by atoms with Crippen molar-refractivity contribution < 1.29 is 9.53 Å². The molecule has 124 valence electrons. The van der Waals surface area contributed by atoms with Crippen LogP contribution in [0.2, 0.25) is 5.02 Å². The van der Waals surface area contributed by atoms with Gasteiger partial charge in [-0.25, -0.2) is 4.99 Å². The molecule has 0 radical (unpaired) electrons. The summed E-state index contributed by atoms with van der Waals surface area (Å²) in [6, 6.07) is 14.4. The molecule has 1 fully saturated rings. The van der Waals surface area contributed by atoms with Gasteiger partial charge < -0.3 is 4.74 Å². The number of carbonyl (C=O) groups is 1. The molecule has 0 spiro atoms. The lowest BCUT2D eigenvalue weighted by molar-refractivity contribution is 0.0855. The number of amidine groups is 1. The van der Waals surface area contributed by atoms with Gasteiger partial charge in [0.05, 0.1) is 12.8 Å². The van der Waals surface area contributed by atoms with Crippen LogP contribution in [-0.4, -0.2) is 34.9 Å². The standard InChI is InChI=1S/C18H17ClN2O2S/c1-12-11-21(17(22)13-4-3-5-16(10-13)23-2)18(24-12)20-15-8-6-14(19)7-9-15/h3-10,12H,11H2,1-2H3/t12-/m1/s1. The van der Waals surface area contributed by atoms with Crippen molar-refractivity contribution in [1.29, 1.82) is 0 Å². The molecule has 2 aromatic carbocycles. The van der Waals surface area contributed by atoms with E-state index in [9.17, 15) is 4.79 Å². The van der Waals surface area contributed by atoms with Gasteiger partial charge in [-0.15, -0.1) is 0 Å². The van der Waals surface area contributed by atoms with E-state index in [1.165, 1.54) is 0 Å². The Bertz CT molecular complexity index is 777. The minimum absolute atomic E-state index is 0.0709. The van der Waals surface area contributed by atoms with E-state index in [0.717, 1.165) is 5.69 Å². The van der Waals surface area contributed by atoms with E-state index in [4.69, 9.17) is 16.3 Å². The van der Waals surface area contributed by atoms with Crippen molar-refractivity contribution in [2.24, 2.45) is 4.99 Å². The molecule has 1 amide bonds. The van der Waals surface area contributed by atoms with Gasteiger partial charge in [-0.3, -0.25) is 9.69 Å². The summed E-state index contributed by atoms with van der Waals surface area (Å²) >= 11 is 7.51. The van der Waals surface area contributed by atoms with Gasteiger partial charge in [0.2, 0.25) is 0 Å². The smallest absolute Gasteiger partial charge is 0.260 e. The van der Waals surface area contributed by atoms with E-state index in [1.54, 1.807) is 48.0 Å². The summed E-state index contributed by atoms with van der Waals surface area (Å²) in [5, 5.41) is 1.67. The Balaban J connectivity index is 1.89. The second-order valence-electron chi connectivity index (χ2n) is 5.45. The second-order valence-corrected chi connectivity index (χ2v) is 7.29. The van der Waals surface area contributed by atoms with E-state index in [2.05, 4.69) is 11.9 Å². The minimum Gasteiger partial charge on any atom is -0.497 e. The van der Waals surface area contributed by atoms with E-state index < -0.39 is 0 Å². The lowest BCUT2D eigenvalue weighted by atomic mass is 10.2. The summed E-state index contributed by atoms with van der Waals surface area (Å²) in [5.41, 5.74) is 1.37. The highest BCUT2D eigenvalue weighted by molar-refractivity contribution is 8.14. The number of hydrogen-bond acceptors (Lipinski definition) is 4. The molecule has 1 aliphatic heterocycles. The zero-order valence-corrected chi connectivity index (χ0v) is 15.0. The molecule has 0 N–H and O–H groups in total. The highest BCUT2D eigenvalue weighted by Crippen LogP contribution is 2.30. The van der Waals surface area contributed by atoms with Gasteiger partial charge in [-0.2, -0.15) is 0 Å². The number of aliphatic imine (C=N–C) groups is 1. The number of benzene rings is 2. The Morgan fingerprint density at radius 3 is 2.75 bits per heavy atom. The van der Waals surface area contributed by atoms with E-state index in [0.29, 0.717) is 33.3 Å². The minimum atomic E-state index is -0.0709. The number of rotatable bonds is 3. The lowest BCUT2D eigenvalue weighted by Crippen LogP contribution is -2.32. The van der Waals surface area contributed by atoms with E-state index in [-0.39, 0.29) is 5.91 Å². The first kappa shape index (κ1) is 16.9. The van der Waals surface area contributed by atoms with E-state index >= 15 is 0 Å². The molecule has 0 saturated carbocycles. The fourth-order valence-corrected chi connectivity index (χ4v) is 3.56. The maximum Gasteiger partial charge on any atom is 0.260 e. The van der Waals surface area contributed by atoms with Crippen molar-refractivity contribution in [3.63, 3.8) is 0 Å². The third-order valence-corrected chi connectivity index (χ3v) is 4.92. The molecular formula is C18H17ClN2O2S. The first-order valence-electron chi connectivity index (χ1n) is 7.53. The molecule has 2 aromatic rings. The maximum absolute atomic E-state index is 12.9. The highest BCUT2D eigenvalue weighted by atomic mass is 35.5. The molecule has 1 saturated heterocycles. The number of thioether (sulfide) groups is 1. The van der Waals surface area contributed by atoms with Gasteiger partial charge in [0, 0.05) is 22.4 Å². The monoisotopic (exact) mass is 360 g/mol. The van der Waals surface area contributed by atoms with Crippen molar-refractivity contribution >= 4 is 40.1 Å². The average molecular weight is 361 g/mol. The molecule has 1 atom stereocenters. The fraction of sp³-hybridized carbons (Fsp3) is 0.222. The van der Waals surface area contributed by atoms with Crippen LogP contribution in [0.25, 0.3) is 0 Å². The van der Waals surface area contributed by atoms with Crippen LogP contribution < -0.4 is 4.74 Å². The summed E-state index contributed by atoms with van der Waals surface area (Å²) in [5.74, 6) is 0.593. The Morgan fingerprint density at radius 2 is 2.04 bits per heavy atom. The van der Waals surface area contributed by atoms with Crippen molar-refractivity contribution in [1.82, 2.24) is 4.90 Å². The molecule has 1 aliphatic rings. The van der Waals surface area contributed by atoms with Gasteiger partial charge in [-0.05, 0) is 42.5 Å². The number of methoxy groups -OCH3 is 1. The van der Waals surface area contributed by atoms with Crippen LogP contribution in [0.5, 0.6) is 5.75 Å². The van der Waals surface area contributed by atoms with Gasteiger partial charge in [-0.1, -0.05) is 36.4 Å². The Hall–Kier alpha value is -1.98. The summed E-state index contributed by atoms with van der Waals surface area (Å²) in [6.45, 7) is 2.72. The zero-order chi connectivity index (χ0) is 17.1. The molecule has 4 nitrogen and oxygen atoms in total. The van der Waals surface area contributed by atoms with Crippen molar-refractivity contribution in [3.8, 4) is 5.75 Å². The fourth-order valence-electron chi connectivity index (χ4n) is 2.41. The normalized spacial score (nSPS) is 18.9. The number of amides is 1. The average Bonchev–Trinajstić information content (AvgIpc) is 2.96. The third-order valence-electron chi connectivity index (χ3n) is 3.59. The number of nitrogens with zero attached hydrogens (tertiary/aromatic N) is 2. The van der Waals surface area contributed by atoms with Crippen LogP contribution in [0.15, 0.2) is 53.5 Å². The number of hydrogen-bond donors (Lipinski definition) is 0. The van der Waals surface area contributed by atoms with Gasteiger partial charge in [0.25, 0.3) is 5.91 Å². The molecule has 0 aliphatic carbocycles. The Morgan fingerprint density at radius 1 is 1.29 bits per heavy atom. The predicted molar refractivity (Wildman–Crippen MR) is 99.6 cm³/mol. The van der Waals surface area contributed by atoms with Gasteiger partial charge >= 0.3 is 0 Å². The summed E-state index contributed by atoms with van der Waals surface area (Å²) in [6.07, 6.45) is 0. The van der Waals surface area contributed by atoms with Crippen LogP contribution in [0.1, 0.15) is 17.3 Å². The van der Waals surface area contributed by atoms with Crippen LogP contribution in [-0.2, 0) is 0 Å². The molecule has 0 bridgehead atoms. The number of halogens is 1. The lowest BCUT2D eigenvalue weighted by Gasteiger charge is -2.16. The quantitative estimate of drug-likeness (QED) is 0.802. The molecule has 1 heterocycles. The van der Waals surface area contributed by atoms with Gasteiger partial charge in [0.15, 0.2) is 5.17 Å². The van der Waals surface area contributed by atoms with Crippen LogP contribution in [0, 0.1) is 0 Å². The van der Waals surface area contributed by atoms with Crippen LogP contribution in [0.4, 0.5) is 5.69 Å². The van der Waals surface area contributed by atoms with Crippen molar-refractivity contribution in [2.45, 2.75) is 12.2 Å². The molecule has 24 heavy (non-hydrogen) atoms. The number of ether oxygens (including phenoxy) is 1. The molecule has 6 heteroatoms. The first-order valence-corrected chi connectivity index (χ1v) is 8.79. The Labute approximate surface area is 150 Å². The van der Waals surface area contributed by atoms with Gasteiger partial charge in [0.1, 0.15) is 5.75 Å². The summed E-state index contributed by atoms with van der Waals surface area (Å²) in [4.78, 5) is 19.2. The van der Waals surface area contributed by atoms with Crippen molar-refractivity contribution in [3.05, 3.63) is 59.1 Å². The molecule has 3 rings (SSSR count). The maximum atomic E-state index is 12.9. The predicted octanol–water partition coefficient (Wildman–Crippen LogP) is 4.61. The SMILES string of the molecule is COc1cccc(C(=O)N2C[C@@H](C)SC2=Nc2ccc(Cl)cc2)c1. The van der Waals surface area contributed by atoms with Crippen LogP contribution in [0.3, 0.4) is 0 Å². The topological polar surface area (TPSA) is 41.9 Å². The molecular weight excluding hydrogens is 344 g/mol. The van der Waals surface area contributed by atoms with Crippen molar-refractivity contribution in [2.75, 3.05) is 13.7 Å². The van der Waals surface area contributed by atoms with E-state index in [1.807, 2.05) is 24.3 Å². The highest BCUT2D eigenvalue weighted by Gasteiger charge is 2.31. The second kappa shape index (κ2) is 7.28. The summed E-state index contributed by atoms with van der Waals surface area (Å²) in [7, 11) is 1.59. The molecule has 0 unspecified atom stereocenters. The largest absolute Gasteiger partial charge is 0.497 e. The summed E-state index contributed by atoms with van der Waals surface area (Å²) < 4.78 is 5.20.